The Hall–Kier alpha value is -1.12. The van der Waals surface area contributed by atoms with Crippen LogP contribution < -0.4 is 5.73 Å². The number of likely N-dealkylation sites (N-methyl/N-ethyl adjacent to an activating group) is 1. The Bertz CT molecular complexity index is 184. The molecule has 3 nitrogen and oxygen atoms in total. The minimum Gasteiger partial charge on any atom is -0.482 e. The van der Waals surface area contributed by atoms with E-state index in [0.29, 0.717) is 0 Å². The lowest BCUT2D eigenvalue weighted by molar-refractivity contribution is 0.179. The van der Waals surface area contributed by atoms with Crippen LogP contribution in [-0.2, 0) is 4.74 Å². The number of hydrogen-bond acceptors (Lipinski definition) is 3. The maximum Gasteiger partial charge on any atom is 0.189 e. The van der Waals surface area contributed by atoms with E-state index < -0.39 is 0 Å². The van der Waals surface area contributed by atoms with Crippen molar-refractivity contribution in [2.45, 2.75) is 0 Å². The van der Waals surface area contributed by atoms with Crippen LogP contribution in [0.3, 0.4) is 0 Å². The molecule has 0 atom stereocenters. The molecule has 1 aliphatic heterocycles. The summed E-state index contributed by atoms with van der Waals surface area (Å²) >= 11 is 0. The summed E-state index contributed by atoms with van der Waals surface area (Å²) < 4.78 is 5.04. The van der Waals surface area contributed by atoms with E-state index in [1.165, 1.54) is 0 Å². The van der Waals surface area contributed by atoms with Gasteiger partial charge in [0.05, 0.1) is 13.7 Å². The van der Waals surface area contributed by atoms with Crippen LogP contribution in [0.1, 0.15) is 0 Å². The summed E-state index contributed by atoms with van der Waals surface area (Å²) in [6.45, 7) is 0.750. The highest BCUT2D eigenvalue weighted by molar-refractivity contribution is 5.18. The fourth-order valence-electron chi connectivity index (χ4n) is 0.934. The molecule has 0 aromatic carbocycles. The quantitative estimate of drug-likeness (QED) is 0.568. The van der Waals surface area contributed by atoms with Gasteiger partial charge in [0.1, 0.15) is 0 Å². The minimum atomic E-state index is 0.750. The first-order chi connectivity index (χ1) is 4.74. The Balaban J connectivity index is 2.71. The van der Waals surface area contributed by atoms with E-state index in [4.69, 9.17) is 10.5 Å². The predicted octanol–water partition coefficient (Wildman–Crippen LogP) is 0.262. The topological polar surface area (TPSA) is 38.5 Å². The number of allylic oxidation sites excluding steroid dienone is 2. The zero-order valence-corrected chi connectivity index (χ0v) is 6.29. The summed E-state index contributed by atoms with van der Waals surface area (Å²) in [5, 5.41) is 0. The Labute approximate surface area is 60.8 Å². The highest BCUT2D eigenvalue weighted by Crippen LogP contribution is 2.09. The number of ether oxygens (including phenoxy) is 1. The van der Waals surface area contributed by atoms with Crippen molar-refractivity contribution in [1.29, 1.82) is 0 Å². The van der Waals surface area contributed by atoms with E-state index in [0.717, 1.165) is 18.1 Å². The lowest BCUT2D eigenvalue weighted by atomic mass is 10.3. The maximum absolute atomic E-state index is 5.56. The lowest BCUT2D eigenvalue weighted by Gasteiger charge is -2.23. The Morgan fingerprint density at radius 2 is 2.30 bits per heavy atom. The zero-order chi connectivity index (χ0) is 7.56. The predicted molar refractivity (Wildman–Crippen MR) is 40.0 cm³/mol. The highest BCUT2D eigenvalue weighted by atomic mass is 16.5. The van der Waals surface area contributed by atoms with Gasteiger partial charge in [-0.2, -0.15) is 0 Å². The molecule has 1 aliphatic rings. The van der Waals surface area contributed by atoms with Gasteiger partial charge >= 0.3 is 0 Å². The molecular formula is C7H12N2O. The third kappa shape index (κ3) is 1.23. The van der Waals surface area contributed by atoms with Crippen molar-refractivity contribution in [3.8, 4) is 0 Å². The van der Waals surface area contributed by atoms with Gasteiger partial charge in [-0.15, -0.1) is 0 Å². The first-order valence-corrected chi connectivity index (χ1v) is 3.15. The number of hydrogen-bond donors (Lipinski definition) is 1. The normalized spacial score (nSPS) is 18.0. The van der Waals surface area contributed by atoms with Crippen molar-refractivity contribution in [2.75, 3.05) is 20.7 Å². The number of nitrogens with two attached hydrogens (primary N) is 1. The molecule has 2 N–H and O–H groups in total. The van der Waals surface area contributed by atoms with Crippen LogP contribution in [0.25, 0.3) is 0 Å². The molecule has 1 rings (SSSR count). The van der Waals surface area contributed by atoms with E-state index in [2.05, 4.69) is 0 Å². The van der Waals surface area contributed by atoms with Crippen LogP contribution in [0.15, 0.2) is 23.7 Å². The SMILES string of the molecule is COC1=CC=C(N)CN1C. The van der Waals surface area contributed by atoms with Crippen LogP contribution in [0.5, 0.6) is 0 Å². The van der Waals surface area contributed by atoms with E-state index in [-0.39, 0.29) is 0 Å². The van der Waals surface area contributed by atoms with Crippen LogP contribution in [0, 0.1) is 0 Å². The van der Waals surface area contributed by atoms with Gasteiger partial charge < -0.3 is 15.4 Å². The van der Waals surface area contributed by atoms with Crippen molar-refractivity contribution in [2.24, 2.45) is 5.73 Å². The van der Waals surface area contributed by atoms with Crippen LogP contribution in [-0.4, -0.2) is 25.6 Å². The number of methoxy groups -OCH3 is 1. The Kier molecular flexibility index (Phi) is 1.85. The van der Waals surface area contributed by atoms with E-state index >= 15 is 0 Å². The molecule has 3 heteroatoms. The molecule has 0 aromatic rings. The first kappa shape index (κ1) is 6.99. The van der Waals surface area contributed by atoms with Gasteiger partial charge in [0, 0.05) is 12.7 Å². The molecule has 0 fully saturated rings. The molecule has 0 saturated carbocycles. The van der Waals surface area contributed by atoms with Crippen molar-refractivity contribution in [1.82, 2.24) is 4.90 Å². The molecule has 0 aliphatic carbocycles. The molecule has 0 saturated heterocycles. The molecule has 0 amide bonds. The molecule has 0 spiro atoms. The van der Waals surface area contributed by atoms with Crippen LogP contribution in [0.4, 0.5) is 0 Å². The molecule has 0 bridgehead atoms. The average molecular weight is 140 g/mol. The summed E-state index contributed by atoms with van der Waals surface area (Å²) in [5.41, 5.74) is 6.43. The fraction of sp³-hybridized carbons (Fsp3) is 0.429. The Morgan fingerprint density at radius 3 is 2.80 bits per heavy atom. The van der Waals surface area contributed by atoms with Crippen molar-refractivity contribution < 1.29 is 4.74 Å². The Morgan fingerprint density at radius 1 is 1.60 bits per heavy atom. The summed E-state index contributed by atoms with van der Waals surface area (Å²) in [5.74, 6) is 0.856. The molecule has 56 valence electrons. The zero-order valence-electron chi connectivity index (χ0n) is 6.29. The van der Waals surface area contributed by atoms with E-state index in [1.54, 1.807) is 7.11 Å². The molecule has 10 heavy (non-hydrogen) atoms. The van der Waals surface area contributed by atoms with Crippen molar-refractivity contribution in [3.05, 3.63) is 23.7 Å². The maximum atomic E-state index is 5.56. The fourth-order valence-corrected chi connectivity index (χ4v) is 0.934. The van der Waals surface area contributed by atoms with Gasteiger partial charge in [-0.3, -0.25) is 0 Å². The smallest absolute Gasteiger partial charge is 0.189 e. The van der Waals surface area contributed by atoms with E-state index in [1.807, 2.05) is 24.1 Å². The first-order valence-electron chi connectivity index (χ1n) is 3.15. The monoisotopic (exact) mass is 140 g/mol. The molecule has 0 unspecified atom stereocenters. The van der Waals surface area contributed by atoms with Gasteiger partial charge in [0.2, 0.25) is 0 Å². The summed E-state index contributed by atoms with van der Waals surface area (Å²) in [6, 6.07) is 0. The molecule has 0 aromatic heterocycles. The number of nitrogens with zero attached hydrogens (tertiary/aromatic N) is 1. The van der Waals surface area contributed by atoms with Gasteiger partial charge in [-0.1, -0.05) is 0 Å². The lowest BCUT2D eigenvalue weighted by Crippen LogP contribution is -2.26. The second-order valence-corrected chi connectivity index (χ2v) is 2.31. The van der Waals surface area contributed by atoms with Gasteiger partial charge in [0.15, 0.2) is 5.88 Å². The minimum absolute atomic E-state index is 0.750. The standard InChI is InChI=1S/C7H12N2O/c1-9-5-6(8)3-4-7(9)10-2/h3-4H,5,8H2,1-2H3. The largest absolute Gasteiger partial charge is 0.482 e. The third-order valence-corrected chi connectivity index (χ3v) is 1.45. The van der Waals surface area contributed by atoms with E-state index in [9.17, 15) is 0 Å². The molecule has 0 radical (unpaired) electrons. The van der Waals surface area contributed by atoms with Gasteiger partial charge in [-0.05, 0) is 12.2 Å². The molecule has 1 heterocycles. The third-order valence-electron chi connectivity index (χ3n) is 1.45. The number of rotatable bonds is 1. The summed E-state index contributed by atoms with van der Waals surface area (Å²) in [6.07, 6.45) is 3.72. The van der Waals surface area contributed by atoms with Crippen molar-refractivity contribution in [3.63, 3.8) is 0 Å². The van der Waals surface area contributed by atoms with Crippen LogP contribution in [0.2, 0.25) is 0 Å². The van der Waals surface area contributed by atoms with Gasteiger partial charge in [-0.25, -0.2) is 0 Å². The van der Waals surface area contributed by atoms with Crippen molar-refractivity contribution >= 4 is 0 Å². The van der Waals surface area contributed by atoms with Crippen LogP contribution >= 0.6 is 0 Å². The molecular weight excluding hydrogens is 128 g/mol. The van der Waals surface area contributed by atoms with Gasteiger partial charge in [0.25, 0.3) is 0 Å². The highest BCUT2D eigenvalue weighted by Gasteiger charge is 2.07. The summed E-state index contributed by atoms with van der Waals surface area (Å²) in [4.78, 5) is 1.95. The average Bonchev–Trinajstić information content (AvgIpc) is 1.88. The second-order valence-electron chi connectivity index (χ2n) is 2.31. The summed E-state index contributed by atoms with van der Waals surface area (Å²) in [7, 11) is 3.59. The second kappa shape index (κ2) is 2.64.